The van der Waals surface area contributed by atoms with Crippen LogP contribution in [-0.2, 0) is 0 Å². The minimum Gasteiger partial charge on any atom is -0.345 e. The van der Waals surface area contributed by atoms with Crippen LogP contribution in [0.15, 0.2) is 6.07 Å². The second-order valence-corrected chi connectivity index (χ2v) is 6.39. The van der Waals surface area contributed by atoms with E-state index in [0.717, 1.165) is 31.7 Å². The molecule has 2 heterocycles. The molecule has 1 aromatic heterocycles. The Morgan fingerprint density at radius 2 is 1.85 bits per heavy atom. The van der Waals surface area contributed by atoms with Gasteiger partial charge in [0.2, 0.25) is 0 Å². The monoisotopic (exact) mass is 275 g/mol. The number of rotatable bonds is 4. The molecule has 0 bridgehead atoms. The second-order valence-electron chi connectivity index (χ2n) is 6.39. The van der Waals surface area contributed by atoms with Gasteiger partial charge in [0, 0.05) is 49.2 Å². The third-order valence-electron chi connectivity index (χ3n) is 4.66. The summed E-state index contributed by atoms with van der Waals surface area (Å²) in [5, 5.41) is 0. The molecular weight excluding hydrogens is 250 g/mol. The number of piperazine rings is 1. The summed E-state index contributed by atoms with van der Waals surface area (Å²) in [6.07, 6.45) is 2.53. The van der Waals surface area contributed by atoms with Gasteiger partial charge in [-0.1, -0.05) is 0 Å². The number of hydrogen-bond donors (Lipinski definition) is 0. The van der Waals surface area contributed by atoms with Crippen molar-refractivity contribution in [1.29, 1.82) is 0 Å². The van der Waals surface area contributed by atoms with E-state index in [4.69, 9.17) is 0 Å². The summed E-state index contributed by atoms with van der Waals surface area (Å²) >= 11 is 0. The Hall–Kier alpha value is -1.13. The van der Waals surface area contributed by atoms with Gasteiger partial charge in [0.25, 0.3) is 0 Å². The Labute approximate surface area is 121 Å². The molecule has 0 atom stereocenters. The summed E-state index contributed by atoms with van der Waals surface area (Å²) in [4.78, 5) is 17.2. The van der Waals surface area contributed by atoms with Gasteiger partial charge >= 0.3 is 0 Å². The van der Waals surface area contributed by atoms with Crippen LogP contribution in [0.4, 0.5) is 0 Å². The summed E-state index contributed by atoms with van der Waals surface area (Å²) in [6.45, 7) is 8.93. The lowest BCUT2D eigenvalue weighted by Gasteiger charge is -2.31. The molecule has 3 rings (SSSR count). The third kappa shape index (κ3) is 2.67. The molecule has 1 saturated carbocycles. The average molecular weight is 275 g/mol. The molecule has 1 aliphatic heterocycles. The highest BCUT2D eigenvalue weighted by atomic mass is 16.1. The van der Waals surface area contributed by atoms with Crippen LogP contribution < -0.4 is 0 Å². The second kappa shape index (κ2) is 5.34. The van der Waals surface area contributed by atoms with E-state index in [1.165, 1.54) is 24.2 Å². The normalized spacial score (nSPS) is 21.4. The zero-order chi connectivity index (χ0) is 14.3. The number of carbonyl (C=O) groups excluding carboxylic acids is 1. The summed E-state index contributed by atoms with van der Waals surface area (Å²) in [5.74, 6) is 0.287. The summed E-state index contributed by atoms with van der Waals surface area (Å²) in [7, 11) is 2.14. The van der Waals surface area contributed by atoms with Gasteiger partial charge < -0.3 is 9.47 Å². The van der Waals surface area contributed by atoms with Crippen molar-refractivity contribution in [1.82, 2.24) is 14.4 Å². The molecule has 0 aromatic carbocycles. The maximum absolute atomic E-state index is 12.6. The molecule has 1 aliphatic carbocycles. The van der Waals surface area contributed by atoms with E-state index in [1.54, 1.807) is 0 Å². The van der Waals surface area contributed by atoms with Crippen LogP contribution in [-0.4, -0.2) is 59.9 Å². The van der Waals surface area contributed by atoms with Gasteiger partial charge in [0.15, 0.2) is 5.78 Å². The van der Waals surface area contributed by atoms with Crippen molar-refractivity contribution in [3.8, 4) is 0 Å². The van der Waals surface area contributed by atoms with Gasteiger partial charge in [0.1, 0.15) is 0 Å². The molecule has 0 radical (unpaired) electrons. The van der Waals surface area contributed by atoms with Crippen LogP contribution in [0.5, 0.6) is 0 Å². The number of ketones is 1. The van der Waals surface area contributed by atoms with Crippen molar-refractivity contribution >= 4 is 5.78 Å². The summed E-state index contributed by atoms with van der Waals surface area (Å²) in [6, 6.07) is 2.74. The molecule has 0 spiro atoms. The van der Waals surface area contributed by atoms with E-state index in [1.807, 2.05) is 0 Å². The fourth-order valence-electron chi connectivity index (χ4n) is 3.25. The van der Waals surface area contributed by atoms with Crippen molar-refractivity contribution in [2.75, 3.05) is 39.8 Å². The predicted molar refractivity (Wildman–Crippen MR) is 80.4 cm³/mol. The minimum atomic E-state index is 0.287. The Kier molecular flexibility index (Phi) is 3.69. The molecule has 2 aliphatic rings. The van der Waals surface area contributed by atoms with Crippen LogP contribution in [0.25, 0.3) is 0 Å². The first-order valence-corrected chi connectivity index (χ1v) is 7.69. The topological polar surface area (TPSA) is 28.5 Å². The standard InChI is InChI=1S/C16H25N3O/c1-12-10-15(13(2)19(12)14-4-5-14)16(20)11-18-8-6-17(3)7-9-18/h10,14H,4-9,11H2,1-3H3. The number of aryl methyl sites for hydroxylation is 1. The van der Waals surface area contributed by atoms with Gasteiger partial charge in [-0.3, -0.25) is 9.69 Å². The smallest absolute Gasteiger partial charge is 0.178 e. The maximum Gasteiger partial charge on any atom is 0.178 e. The zero-order valence-corrected chi connectivity index (χ0v) is 12.9. The average Bonchev–Trinajstić information content (AvgIpc) is 3.19. The van der Waals surface area contributed by atoms with Crippen LogP contribution in [0.3, 0.4) is 0 Å². The minimum absolute atomic E-state index is 0.287. The first-order chi connectivity index (χ1) is 9.56. The van der Waals surface area contributed by atoms with Gasteiger partial charge in [-0.05, 0) is 39.8 Å². The van der Waals surface area contributed by atoms with E-state index < -0.39 is 0 Å². The van der Waals surface area contributed by atoms with Crippen molar-refractivity contribution < 1.29 is 4.79 Å². The van der Waals surface area contributed by atoms with Crippen molar-refractivity contribution in [2.45, 2.75) is 32.7 Å². The lowest BCUT2D eigenvalue weighted by molar-refractivity contribution is 0.0875. The molecule has 20 heavy (non-hydrogen) atoms. The van der Waals surface area contributed by atoms with Gasteiger partial charge in [0.05, 0.1) is 6.54 Å². The molecule has 4 heteroatoms. The maximum atomic E-state index is 12.6. The number of Topliss-reactive ketones (excluding diaryl/α,β-unsaturated/α-hetero) is 1. The highest BCUT2D eigenvalue weighted by Gasteiger charge is 2.28. The summed E-state index contributed by atoms with van der Waals surface area (Å²) in [5.41, 5.74) is 3.35. The molecule has 0 N–H and O–H groups in total. The van der Waals surface area contributed by atoms with Crippen molar-refractivity contribution in [3.05, 3.63) is 23.0 Å². The number of hydrogen-bond acceptors (Lipinski definition) is 3. The van der Waals surface area contributed by atoms with E-state index in [2.05, 4.69) is 41.3 Å². The van der Waals surface area contributed by atoms with Crippen LogP contribution in [0.2, 0.25) is 0 Å². The Bertz CT molecular complexity index is 508. The molecule has 1 aromatic rings. The van der Waals surface area contributed by atoms with E-state index in [-0.39, 0.29) is 5.78 Å². The number of aromatic nitrogens is 1. The van der Waals surface area contributed by atoms with Gasteiger partial charge in [-0.15, -0.1) is 0 Å². The molecule has 4 nitrogen and oxygen atoms in total. The quantitative estimate of drug-likeness (QED) is 0.785. The SMILES string of the molecule is Cc1cc(C(=O)CN2CCN(C)CC2)c(C)n1C1CC1. The first kappa shape index (κ1) is 13.8. The highest BCUT2D eigenvalue weighted by Crippen LogP contribution is 2.38. The van der Waals surface area contributed by atoms with E-state index in [0.29, 0.717) is 12.6 Å². The number of nitrogens with zero attached hydrogens (tertiary/aromatic N) is 3. The fourth-order valence-corrected chi connectivity index (χ4v) is 3.25. The largest absolute Gasteiger partial charge is 0.345 e. The Morgan fingerprint density at radius 3 is 2.45 bits per heavy atom. The van der Waals surface area contributed by atoms with Crippen LogP contribution in [0, 0.1) is 13.8 Å². The Morgan fingerprint density at radius 1 is 1.20 bits per heavy atom. The van der Waals surface area contributed by atoms with Crippen molar-refractivity contribution in [3.63, 3.8) is 0 Å². The fraction of sp³-hybridized carbons (Fsp3) is 0.688. The van der Waals surface area contributed by atoms with Gasteiger partial charge in [-0.25, -0.2) is 0 Å². The number of likely N-dealkylation sites (N-methyl/N-ethyl adjacent to an activating group) is 1. The first-order valence-electron chi connectivity index (χ1n) is 7.69. The van der Waals surface area contributed by atoms with E-state index >= 15 is 0 Å². The predicted octanol–water partition coefficient (Wildman–Crippen LogP) is 1.87. The highest BCUT2D eigenvalue weighted by molar-refractivity contribution is 5.99. The van der Waals surface area contributed by atoms with Gasteiger partial charge in [-0.2, -0.15) is 0 Å². The molecular formula is C16H25N3O. The third-order valence-corrected chi connectivity index (χ3v) is 4.66. The molecule has 0 unspecified atom stereocenters. The molecule has 110 valence electrons. The molecule has 2 fully saturated rings. The molecule has 1 saturated heterocycles. The van der Waals surface area contributed by atoms with Crippen LogP contribution >= 0.6 is 0 Å². The lowest BCUT2D eigenvalue weighted by Crippen LogP contribution is -2.46. The van der Waals surface area contributed by atoms with Crippen molar-refractivity contribution in [2.24, 2.45) is 0 Å². The van der Waals surface area contributed by atoms with E-state index in [9.17, 15) is 4.79 Å². The summed E-state index contributed by atoms with van der Waals surface area (Å²) < 4.78 is 2.36. The Balaban J connectivity index is 1.69. The number of carbonyl (C=O) groups is 1. The zero-order valence-electron chi connectivity index (χ0n) is 12.9. The van der Waals surface area contributed by atoms with Crippen LogP contribution in [0.1, 0.15) is 40.6 Å². The molecule has 0 amide bonds. The lowest BCUT2D eigenvalue weighted by atomic mass is 10.1.